The first-order chi connectivity index (χ1) is 10.6. The molecule has 0 bridgehead atoms. The molecule has 2 rings (SSSR count). The average molecular weight is 329 g/mol. The molecule has 126 valence electrons. The Hall–Kier alpha value is -2.12. The molecule has 2 amide bonds. The molecular formula is C15H18F3N3O2. The first-order valence-electron chi connectivity index (χ1n) is 7.26. The van der Waals surface area contributed by atoms with Crippen LogP contribution in [0.2, 0.25) is 0 Å². The number of carbonyl (C=O) groups excluding carboxylic acids is 2. The Bertz CT molecular complexity index is 631. The van der Waals surface area contributed by atoms with Crippen molar-refractivity contribution >= 4 is 11.8 Å². The smallest absolute Gasteiger partial charge is 0.369 e. The molecular weight excluding hydrogens is 311 g/mol. The van der Waals surface area contributed by atoms with E-state index in [2.05, 4.69) is 4.98 Å². The van der Waals surface area contributed by atoms with Crippen LogP contribution in [0.3, 0.4) is 0 Å². The van der Waals surface area contributed by atoms with Gasteiger partial charge in [0.1, 0.15) is 5.69 Å². The number of carbonyl (C=O) groups is 2. The Labute approximate surface area is 131 Å². The monoisotopic (exact) mass is 329 g/mol. The van der Waals surface area contributed by atoms with Gasteiger partial charge in [0.15, 0.2) is 0 Å². The number of rotatable bonds is 2. The van der Waals surface area contributed by atoms with Gasteiger partial charge in [0.05, 0.1) is 17.2 Å². The van der Waals surface area contributed by atoms with Gasteiger partial charge in [0, 0.05) is 12.6 Å². The predicted octanol–water partition coefficient (Wildman–Crippen LogP) is 2.13. The number of halogens is 3. The second-order valence-electron chi connectivity index (χ2n) is 5.81. The van der Waals surface area contributed by atoms with Crippen LogP contribution in [0.1, 0.15) is 41.5 Å². The van der Waals surface area contributed by atoms with E-state index in [1.807, 2.05) is 6.92 Å². The molecule has 2 heterocycles. The van der Waals surface area contributed by atoms with Gasteiger partial charge in [-0.1, -0.05) is 0 Å². The van der Waals surface area contributed by atoms with E-state index in [1.165, 1.54) is 11.8 Å². The van der Waals surface area contributed by atoms with Crippen LogP contribution in [0.4, 0.5) is 13.2 Å². The van der Waals surface area contributed by atoms with Gasteiger partial charge in [-0.2, -0.15) is 13.2 Å². The van der Waals surface area contributed by atoms with E-state index in [0.717, 1.165) is 12.1 Å². The largest absolute Gasteiger partial charge is 0.433 e. The molecule has 0 aliphatic carbocycles. The third-order valence-electron chi connectivity index (χ3n) is 4.15. The SMILES string of the molecule is Cc1nc(C(F)(F)F)ccc1C(=O)N1C[C@H](C(N)=O)CC[C@@H]1C. The van der Waals surface area contributed by atoms with Crippen molar-refractivity contribution in [3.63, 3.8) is 0 Å². The number of nitrogens with two attached hydrogens (primary N) is 1. The van der Waals surface area contributed by atoms with Crippen molar-refractivity contribution < 1.29 is 22.8 Å². The first-order valence-corrected chi connectivity index (χ1v) is 7.26. The zero-order valence-electron chi connectivity index (χ0n) is 12.9. The van der Waals surface area contributed by atoms with Crippen LogP contribution >= 0.6 is 0 Å². The number of aryl methyl sites for hydroxylation is 1. The van der Waals surface area contributed by atoms with E-state index < -0.39 is 29.6 Å². The summed E-state index contributed by atoms with van der Waals surface area (Å²) in [6.45, 7) is 3.38. The van der Waals surface area contributed by atoms with E-state index in [9.17, 15) is 22.8 Å². The van der Waals surface area contributed by atoms with Gasteiger partial charge >= 0.3 is 6.18 Å². The minimum absolute atomic E-state index is 0.0122. The van der Waals surface area contributed by atoms with Gasteiger partial charge < -0.3 is 10.6 Å². The molecule has 0 radical (unpaired) electrons. The highest BCUT2D eigenvalue weighted by molar-refractivity contribution is 5.96. The fourth-order valence-corrected chi connectivity index (χ4v) is 2.72. The molecule has 1 saturated heterocycles. The Balaban J connectivity index is 2.27. The van der Waals surface area contributed by atoms with Crippen LogP contribution in [0.5, 0.6) is 0 Å². The van der Waals surface area contributed by atoms with Gasteiger partial charge in [0.2, 0.25) is 5.91 Å². The quantitative estimate of drug-likeness (QED) is 0.903. The van der Waals surface area contributed by atoms with Crippen LogP contribution in [-0.4, -0.2) is 34.3 Å². The second kappa shape index (κ2) is 6.17. The standard InChI is InChI=1S/C15H18F3N3O2/c1-8-3-4-10(13(19)22)7-21(8)14(23)11-5-6-12(15(16,17)18)20-9(11)2/h5-6,8,10H,3-4,7H2,1-2H3,(H2,19,22)/t8-,10+/m0/s1. The normalized spacial score (nSPS) is 22.0. The maximum Gasteiger partial charge on any atom is 0.433 e. The van der Waals surface area contributed by atoms with Gasteiger partial charge in [-0.05, 0) is 38.8 Å². The lowest BCUT2D eigenvalue weighted by Crippen LogP contribution is -2.48. The highest BCUT2D eigenvalue weighted by atomic mass is 19.4. The number of pyridine rings is 1. The minimum Gasteiger partial charge on any atom is -0.369 e. The van der Waals surface area contributed by atoms with Crippen LogP contribution in [0.25, 0.3) is 0 Å². The zero-order chi connectivity index (χ0) is 17.4. The third kappa shape index (κ3) is 3.62. The molecule has 0 aromatic carbocycles. The van der Waals surface area contributed by atoms with E-state index in [4.69, 9.17) is 5.73 Å². The summed E-state index contributed by atoms with van der Waals surface area (Å²) >= 11 is 0. The summed E-state index contributed by atoms with van der Waals surface area (Å²) < 4.78 is 37.9. The number of primary amides is 1. The summed E-state index contributed by atoms with van der Waals surface area (Å²) in [5.41, 5.74) is 4.38. The molecule has 0 unspecified atom stereocenters. The molecule has 1 aromatic heterocycles. The molecule has 1 fully saturated rings. The lowest BCUT2D eigenvalue weighted by atomic mass is 9.92. The molecule has 1 aliphatic rings. The van der Waals surface area contributed by atoms with E-state index in [1.54, 1.807) is 0 Å². The third-order valence-corrected chi connectivity index (χ3v) is 4.15. The maximum atomic E-state index is 12.6. The van der Waals surface area contributed by atoms with Crippen molar-refractivity contribution in [2.45, 2.75) is 38.9 Å². The van der Waals surface area contributed by atoms with Crippen molar-refractivity contribution in [1.29, 1.82) is 0 Å². The van der Waals surface area contributed by atoms with Crippen molar-refractivity contribution in [3.8, 4) is 0 Å². The summed E-state index contributed by atoms with van der Waals surface area (Å²) in [5.74, 6) is -1.34. The minimum atomic E-state index is -4.55. The van der Waals surface area contributed by atoms with E-state index in [-0.39, 0.29) is 23.8 Å². The first kappa shape index (κ1) is 17.2. The number of nitrogens with zero attached hydrogens (tertiary/aromatic N) is 2. The lowest BCUT2D eigenvalue weighted by molar-refractivity contribution is -0.141. The highest BCUT2D eigenvalue weighted by Gasteiger charge is 2.35. The molecule has 0 saturated carbocycles. The van der Waals surface area contributed by atoms with Crippen molar-refractivity contribution in [1.82, 2.24) is 9.88 Å². The molecule has 23 heavy (non-hydrogen) atoms. The fourth-order valence-electron chi connectivity index (χ4n) is 2.72. The zero-order valence-corrected chi connectivity index (χ0v) is 12.9. The van der Waals surface area contributed by atoms with Crippen LogP contribution < -0.4 is 5.73 Å². The molecule has 2 atom stereocenters. The number of amides is 2. The fraction of sp³-hybridized carbons (Fsp3) is 0.533. The van der Waals surface area contributed by atoms with Gasteiger partial charge in [-0.25, -0.2) is 4.98 Å². The Morgan fingerprint density at radius 3 is 2.48 bits per heavy atom. The topological polar surface area (TPSA) is 76.3 Å². The average Bonchev–Trinajstić information content (AvgIpc) is 2.45. The Morgan fingerprint density at radius 2 is 1.96 bits per heavy atom. The van der Waals surface area contributed by atoms with Crippen molar-refractivity contribution in [2.75, 3.05) is 6.54 Å². The van der Waals surface area contributed by atoms with E-state index >= 15 is 0 Å². The molecule has 0 spiro atoms. The van der Waals surface area contributed by atoms with Gasteiger partial charge in [-0.3, -0.25) is 9.59 Å². The summed E-state index contributed by atoms with van der Waals surface area (Å²) in [6.07, 6.45) is -3.33. The number of hydrogen-bond donors (Lipinski definition) is 1. The van der Waals surface area contributed by atoms with Gasteiger partial charge in [-0.15, -0.1) is 0 Å². The van der Waals surface area contributed by atoms with Crippen LogP contribution in [0, 0.1) is 12.8 Å². The predicted molar refractivity (Wildman–Crippen MR) is 76.4 cm³/mol. The number of piperidine rings is 1. The highest BCUT2D eigenvalue weighted by Crippen LogP contribution is 2.29. The van der Waals surface area contributed by atoms with Crippen LogP contribution in [-0.2, 0) is 11.0 Å². The molecule has 5 nitrogen and oxygen atoms in total. The second-order valence-corrected chi connectivity index (χ2v) is 5.81. The summed E-state index contributed by atoms with van der Waals surface area (Å²) in [5, 5.41) is 0. The summed E-state index contributed by atoms with van der Waals surface area (Å²) in [4.78, 5) is 28.9. The Morgan fingerprint density at radius 1 is 1.30 bits per heavy atom. The number of aromatic nitrogens is 1. The Kier molecular flexibility index (Phi) is 4.63. The number of likely N-dealkylation sites (tertiary alicyclic amines) is 1. The number of hydrogen-bond acceptors (Lipinski definition) is 3. The van der Waals surface area contributed by atoms with Crippen LogP contribution in [0.15, 0.2) is 12.1 Å². The van der Waals surface area contributed by atoms with E-state index in [0.29, 0.717) is 12.8 Å². The summed E-state index contributed by atoms with van der Waals surface area (Å²) in [6, 6.07) is 1.81. The number of alkyl halides is 3. The van der Waals surface area contributed by atoms with Crippen molar-refractivity contribution in [2.24, 2.45) is 11.7 Å². The summed E-state index contributed by atoms with van der Waals surface area (Å²) in [7, 11) is 0. The molecule has 1 aromatic rings. The maximum absolute atomic E-state index is 12.6. The van der Waals surface area contributed by atoms with Crippen molar-refractivity contribution in [3.05, 3.63) is 29.1 Å². The lowest BCUT2D eigenvalue weighted by Gasteiger charge is -2.37. The molecule has 1 aliphatic heterocycles. The molecule has 2 N–H and O–H groups in total. The van der Waals surface area contributed by atoms with Gasteiger partial charge in [0.25, 0.3) is 5.91 Å². The molecule has 8 heteroatoms.